The Labute approximate surface area is 214 Å². The quantitative estimate of drug-likeness (QED) is 0.381. The molecule has 3 aromatic rings. The van der Waals surface area contributed by atoms with Crippen LogP contribution in [0.5, 0.6) is 28.7 Å². The molecule has 0 radical (unpaired) electrons. The van der Waals surface area contributed by atoms with Crippen LogP contribution in [0.2, 0.25) is 5.02 Å². The van der Waals surface area contributed by atoms with Gasteiger partial charge in [-0.2, -0.15) is 0 Å². The van der Waals surface area contributed by atoms with Crippen LogP contribution in [0.25, 0.3) is 10.9 Å². The first-order valence-corrected chi connectivity index (χ1v) is 12.4. The van der Waals surface area contributed by atoms with E-state index in [0.717, 1.165) is 25.7 Å². The number of nitrogens with zero attached hydrogens (tertiary/aromatic N) is 1. The van der Waals surface area contributed by atoms with Crippen LogP contribution in [-0.2, 0) is 4.74 Å². The van der Waals surface area contributed by atoms with Gasteiger partial charge in [0.05, 0.1) is 28.2 Å². The van der Waals surface area contributed by atoms with Crippen molar-refractivity contribution >= 4 is 34.2 Å². The zero-order valence-electron chi connectivity index (χ0n) is 20.0. The van der Waals surface area contributed by atoms with Crippen LogP contribution in [-0.4, -0.2) is 50.6 Å². The molecule has 2 amide bonds. The SMILES string of the molecule is COCCOc1cc2nccc(Oc3ccc(NC(=O)NC4CCCC4)c(Cl)c3)c2c2c1OCCO2. The molecule has 1 fully saturated rings. The molecule has 0 unspecified atom stereocenters. The Morgan fingerprint density at radius 1 is 1.08 bits per heavy atom. The van der Waals surface area contributed by atoms with Crippen LogP contribution in [0.15, 0.2) is 36.5 Å². The van der Waals surface area contributed by atoms with Crippen molar-refractivity contribution in [2.24, 2.45) is 0 Å². The molecule has 1 saturated carbocycles. The molecule has 0 saturated heterocycles. The smallest absolute Gasteiger partial charge is 0.319 e. The van der Waals surface area contributed by atoms with Crippen LogP contribution < -0.4 is 29.6 Å². The Hall–Kier alpha value is -3.43. The molecule has 10 heteroatoms. The lowest BCUT2D eigenvalue weighted by Gasteiger charge is -2.23. The zero-order valence-corrected chi connectivity index (χ0v) is 20.7. The van der Waals surface area contributed by atoms with E-state index in [1.165, 1.54) is 0 Å². The molecule has 2 heterocycles. The van der Waals surface area contributed by atoms with Crippen LogP contribution in [0, 0.1) is 0 Å². The summed E-state index contributed by atoms with van der Waals surface area (Å²) in [6.07, 6.45) is 5.95. The van der Waals surface area contributed by atoms with E-state index < -0.39 is 0 Å². The first-order chi connectivity index (χ1) is 17.6. The van der Waals surface area contributed by atoms with Crippen LogP contribution >= 0.6 is 11.6 Å². The first kappa shape index (κ1) is 24.3. The molecule has 2 aromatic carbocycles. The maximum atomic E-state index is 12.3. The lowest BCUT2D eigenvalue weighted by molar-refractivity contribution is 0.134. The summed E-state index contributed by atoms with van der Waals surface area (Å²) in [4.78, 5) is 16.8. The fourth-order valence-corrected chi connectivity index (χ4v) is 4.62. The van der Waals surface area contributed by atoms with E-state index in [1.807, 2.05) is 0 Å². The number of hydrogen-bond donors (Lipinski definition) is 2. The van der Waals surface area contributed by atoms with Gasteiger partial charge in [0.2, 0.25) is 5.75 Å². The molecular weight excluding hydrogens is 486 g/mol. The molecule has 9 nitrogen and oxygen atoms in total. The fourth-order valence-electron chi connectivity index (χ4n) is 4.40. The molecule has 0 spiro atoms. The number of benzene rings is 2. The number of anilines is 1. The van der Waals surface area contributed by atoms with Gasteiger partial charge in [0.25, 0.3) is 0 Å². The Bertz CT molecular complexity index is 1250. The Balaban J connectivity index is 1.38. The van der Waals surface area contributed by atoms with Crippen LogP contribution in [0.4, 0.5) is 10.5 Å². The number of fused-ring (bicyclic) bond motifs is 3. The van der Waals surface area contributed by atoms with Crippen molar-refractivity contribution in [1.82, 2.24) is 10.3 Å². The van der Waals surface area contributed by atoms with Gasteiger partial charge in [-0.1, -0.05) is 24.4 Å². The van der Waals surface area contributed by atoms with E-state index in [0.29, 0.717) is 76.8 Å². The normalized spacial score (nSPS) is 15.1. The lowest BCUT2D eigenvalue weighted by Crippen LogP contribution is -2.36. The maximum Gasteiger partial charge on any atom is 0.319 e. The highest BCUT2D eigenvalue weighted by Gasteiger charge is 2.25. The molecule has 36 heavy (non-hydrogen) atoms. The molecule has 2 aliphatic rings. The van der Waals surface area contributed by atoms with Gasteiger partial charge < -0.3 is 34.3 Å². The Morgan fingerprint density at radius 3 is 2.67 bits per heavy atom. The fraction of sp³-hybridized carbons (Fsp3) is 0.385. The van der Waals surface area contributed by atoms with Gasteiger partial charge in [-0.05, 0) is 31.0 Å². The van der Waals surface area contributed by atoms with Gasteiger partial charge in [0.1, 0.15) is 31.3 Å². The first-order valence-electron chi connectivity index (χ1n) is 12.0. The average Bonchev–Trinajstić information content (AvgIpc) is 3.39. The highest BCUT2D eigenvalue weighted by molar-refractivity contribution is 6.33. The van der Waals surface area contributed by atoms with E-state index in [4.69, 9.17) is 35.3 Å². The predicted molar refractivity (Wildman–Crippen MR) is 136 cm³/mol. The molecule has 0 bridgehead atoms. The van der Waals surface area contributed by atoms with Crippen LogP contribution in [0.3, 0.4) is 0 Å². The Kier molecular flexibility index (Phi) is 7.48. The third-order valence-electron chi connectivity index (χ3n) is 6.10. The van der Waals surface area contributed by atoms with E-state index in [9.17, 15) is 4.79 Å². The van der Waals surface area contributed by atoms with E-state index in [-0.39, 0.29) is 12.1 Å². The van der Waals surface area contributed by atoms with Crippen molar-refractivity contribution in [3.8, 4) is 28.7 Å². The topological polar surface area (TPSA) is 100 Å². The summed E-state index contributed by atoms with van der Waals surface area (Å²) in [5.41, 5.74) is 1.14. The zero-order chi connectivity index (χ0) is 24.9. The predicted octanol–water partition coefficient (Wildman–Crippen LogP) is 5.54. The number of halogens is 1. The number of hydrogen-bond acceptors (Lipinski definition) is 7. The number of aromatic nitrogens is 1. The van der Waals surface area contributed by atoms with E-state index >= 15 is 0 Å². The summed E-state index contributed by atoms with van der Waals surface area (Å²) >= 11 is 6.46. The molecule has 190 valence electrons. The van der Waals surface area contributed by atoms with Crippen molar-refractivity contribution in [3.63, 3.8) is 0 Å². The molecule has 0 atom stereocenters. The summed E-state index contributed by atoms with van der Waals surface area (Å²) in [6, 6.07) is 8.63. The van der Waals surface area contributed by atoms with Crippen LogP contribution in [0.1, 0.15) is 25.7 Å². The minimum atomic E-state index is -0.259. The van der Waals surface area contributed by atoms with Crippen molar-refractivity contribution in [1.29, 1.82) is 0 Å². The van der Waals surface area contributed by atoms with Crippen molar-refractivity contribution < 1.29 is 28.5 Å². The highest BCUT2D eigenvalue weighted by atomic mass is 35.5. The van der Waals surface area contributed by atoms with Gasteiger partial charge in [0.15, 0.2) is 11.5 Å². The van der Waals surface area contributed by atoms with Crippen molar-refractivity contribution in [3.05, 3.63) is 41.6 Å². The summed E-state index contributed by atoms with van der Waals surface area (Å²) in [6.45, 7) is 1.62. The summed E-state index contributed by atoms with van der Waals surface area (Å²) < 4.78 is 29.0. The second kappa shape index (κ2) is 11.1. The summed E-state index contributed by atoms with van der Waals surface area (Å²) in [5.74, 6) is 2.59. The lowest BCUT2D eigenvalue weighted by atomic mass is 10.1. The number of nitrogens with one attached hydrogen (secondary N) is 2. The number of carbonyl (C=O) groups excluding carboxylic acids is 1. The molecule has 1 aromatic heterocycles. The second-order valence-corrected chi connectivity index (χ2v) is 9.01. The molecule has 1 aliphatic carbocycles. The summed E-state index contributed by atoms with van der Waals surface area (Å²) in [7, 11) is 1.62. The van der Waals surface area contributed by atoms with Crippen molar-refractivity contribution in [2.75, 3.05) is 38.9 Å². The van der Waals surface area contributed by atoms with Crippen molar-refractivity contribution in [2.45, 2.75) is 31.7 Å². The standard InChI is InChI=1S/C26H28ClN3O6/c1-32-10-11-33-22-15-20-23(25-24(22)34-12-13-35-25)21(8-9-28-20)36-17-6-7-19(18(27)14-17)30-26(31)29-16-4-2-3-5-16/h6-9,14-16H,2-5,10-13H2,1H3,(H2,29,30,31). The third-order valence-corrected chi connectivity index (χ3v) is 6.41. The monoisotopic (exact) mass is 513 g/mol. The molecule has 5 rings (SSSR count). The van der Waals surface area contributed by atoms with Gasteiger partial charge in [-0.15, -0.1) is 0 Å². The third kappa shape index (κ3) is 5.37. The second-order valence-electron chi connectivity index (χ2n) is 8.60. The number of rotatable bonds is 8. The minimum Gasteiger partial charge on any atom is -0.487 e. The largest absolute Gasteiger partial charge is 0.487 e. The molecule has 1 aliphatic heterocycles. The Morgan fingerprint density at radius 2 is 1.89 bits per heavy atom. The summed E-state index contributed by atoms with van der Waals surface area (Å²) in [5, 5.41) is 6.84. The van der Waals surface area contributed by atoms with Gasteiger partial charge in [-0.25, -0.2) is 4.79 Å². The van der Waals surface area contributed by atoms with E-state index in [1.54, 1.807) is 43.6 Å². The maximum absolute atomic E-state index is 12.3. The number of pyridine rings is 1. The number of methoxy groups -OCH3 is 1. The highest BCUT2D eigenvalue weighted by Crippen LogP contribution is 2.48. The molecular formula is C26H28ClN3O6. The average molecular weight is 514 g/mol. The number of urea groups is 1. The number of amides is 2. The molecule has 2 N–H and O–H groups in total. The number of ether oxygens (including phenoxy) is 5. The number of carbonyl (C=O) groups is 1. The van der Waals surface area contributed by atoms with Gasteiger partial charge in [0, 0.05) is 31.5 Å². The van der Waals surface area contributed by atoms with Gasteiger partial charge in [-0.3, -0.25) is 4.98 Å². The van der Waals surface area contributed by atoms with E-state index in [2.05, 4.69) is 15.6 Å². The minimum absolute atomic E-state index is 0.217. The van der Waals surface area contributed by atoms with Gasteiger partial charge >= 0.3 is 6.03 Å².